The first kappa shape index (κ1) is 18.0. The van der Waals surface area contributed by atoms with E-state index in [0.717, 1.165) is 12.5 Å². The van der Waals surface area contributed by atoms with Gasteiger partial charge in [0.15, 0.2) is 11.6 Å². The summed E-state index contributed by atoms with van der Waals surface area (Å²) in [5.41, 5.74) is 0.395. The molecule has 0 saturated carbocycles. The van der Waals surface area contributed by atoms with Gasteiger partial charge in [-0.1, -0.05) is 0 Å². The van der Waals surface area contributed by atoms with Gasteiger partial charge in [-0.25, -0.2) is 14.6 Å². The number of ether oxygens (including phenoxy) is 1. The number of anilines is 1. The highest BCUT2D eigenvalue weighted by Gasteiger charge is 2.39. The van der Waals surface area contributed by atoms with Gasteiger partial charge >= 0.3 is 6.18 Å². The molecule has 5 heterocycles. The van der Waals surface area contributed by atoms with Crippen molar-refractivity contribution in [1.29, 1.82) is 0 Å². The van der Waals surface area contributed by atoms with Gasteiger partial charge in [0.05, 0.1) is 24.0 Å². The van der Waals surface area contributed by atoms with Crippen LogP contribution in [-0.2, 0) is 17.3 Å². The highest BCUT2D eigenvalue weighted by molar-refractivity contribution is 5.53. The molecule has 2 aromatic heterocycles. The molecule has 3 fully saturated rings. The van der Waals surface area contributed by atoms with Crippen molar-refractivity contribution in [2.24, 2.45) is 0 Å². The molecule has 0 N–H and O–H groups in total. The molecule has 2 unspecified atom stereocenters. The first-order valence-corrected chi connectivity index (χ1v) is 9.22. The molecule has 3 aliphatic heterocycles. The van der Waals surface area contributed by atoms with Crippen LogP contribution in [0, 0.1) is 0 Å². The Morgan fingerprint density at radius 3 is 2.55 bits per heavy atom. The lowest BCUT2D eigenvalue weighted by Gasteiger charge is -2.48. The summed E-state index contributed by atoms with van der Waals surface area (Å²) >= 11 is 0. The molecule has 150 valence electrons. The molecule has 3 aliphatic rings. The summed E-state index contributed by atoms with van der Waals surface area (Å²) in [6.45, 7) is 1.22. The van der Waals surface area contributed by atoms with Gasteiger partial charge in [0.25, 0.3) is 0 Å². The fourth-order valence-electron chi connectivity index (χ4n) is 3.77. The minimum Gasteiger partial charge on any atom is -0.371 e. The van der Waals surface area contributed by atoms with Crippen molar-refractivity contribution in [2.75, 3.05) is 18.0 Å². The van der Waals surface area contributed by atoms with E-state index in [1.807, 2.05) is 4.90 Å². The fourth-order valence-corrected chi connectivity index (χ4v) is 3.77. The highest BCUT2D eigenvalue weighted by atomic mass is 19.4. The third-order valence-corrected chi connectivity index (χ3v) is 5.11. The van der Waals surface area contributed by atoms with Crippen LogP contribution in [0.3, 0.4) is 0 Å². The van der Waals surface area contributed by atoms with Gasteiger partial charge in [0.2, 0.25) is 0 Å². The summed E-state index contributed by atoms with van der Waals surface area (Å²) in [6.07, 6.45) is 3.03. The first-order valence-electron chi connectivity index (χ1n) is 9.22. The SMILES string of the molecule is FC(F)(F)c1cc(Cc2ncn(-c3cnccn3)n2)cc(N2CC3CC(C2)O3)c1. The van der Waals surface area contributed by atoms with Gasteiger partial charge in [0.1, 0.15) is 6.33 Å². The Morgan fingerprint density at radius 2 is 1.86 bits per heavy atom. The van der Waals surface area contributed by atoms with Crippen molar-refractivity contribution < 1.29 is 17.9 Å². The van der Waals surface area contributed by atoms with Crippen molar-refractivity contribution in [3.63, 3.8) is 0 Å². The normalized spacial score (nSPS) is 21.1. The Hall–Kier alpha value is -3.01. The number of hydrogen-bond donors (Lipinski definition) is 0. The van der Waals surface area contributed by atoms with Crippen LogP contribution in [0.25, 0.3) is 5.82 Å². The van der Waals surface area contributed by atoms with E-state index in [1.54, 1.807) is 12.3 Å². The topological polar surface area (TPSA) is 69.0 Å². The maximum Gasteiger partial charge on any atom is 0.416 e. The molecule has 29 heavy (non-hydrogen) atoms. The Morgan fingerprint density at radius 1 is 1.07 bits per heavy atom. The number of rotatable bonds is 4. The van der Waals surface area contributed by atoms with Crippen molar-refractivity contribution in [1.82, 2.24) is 24.7 Å². The van der Waals surface area contributed by atoms with Crippen LogP contribution >= 0.6 is 0 Å². The van der Waals surface area contributed by atoms with Crippen LogP contribution in [0.2, 0.25) is 0 Å². The van der Waals surface area contributed by atoms with Crippen molar-refractivity contribution >= 4 is 5.69 Å². The number of nitrogens with zero attached hydrogens (tertiary/aromatic N) is 6. The van der Waals surface area contributed by atoms with Crippen molar-refractivity contribution in [3.05, 3.63) is 60.1 Å². The number of halogens is 3. The average molecular weight is 402 g/mol. The Balaban J connectivity index is 1.43. The van der Waals surface area contributed by atoms with E-state index in [1.165, 1.54) is 29.5 Å². The van der Waals surface area contributed by atoms with E-state index in [9.17, 15) is 13.2 Å². The molecule has 1 aromatic carbocycles. The molecule has 10 heteroatoms. The number of alkyl halides is 3. The molecule has 0 spiro atoms. The van der Waals surface area contributed by atoms with Crippen LogP contribution in [0.1, 0.15) is 23.4 Å². The molecular formula is C19H17F3N6O. The van der Waals surface area contributed by atoms with Crippen molar-refractivity contribution in [3.8, 4) is 5.82 Å². The van der Waals surface area contributed by atoms with Gasteiger partial charge < -0.3 is 9.64 Å². The van der Waals surface area contributed by atoms with E-state index in [-0.39, 0.29) is 18.6 Å². The predicted molar refractivity (Wildman–Crippen MR) is 96.7 cm³/mol. The lowest BCUT2D eigenvalue weighted by atomic mass is 9.97. The molecule has 0 amide bonds. The van der Waals surface area contributed by atoms with Gasteiger partial charge in [-0.2, -0.15) is 13.2 Å². The average Bonchev–Trinajstić information content (AvgIpc) is 3.16. The summed E-state index contributed by atoms with van der Waals surface area (Å²) in [5.74, 6) is 0.897. The zero-order valence-corrected chi connectivity index (χ0v) is 15.3. The molecule has 3 aromatic rings. The fraction of sp³-hybridized carbons (Fsp3) is 0.368. The van der Waals surface area contributed by atoms with Gasteiger partial charge in [-0.3, -0.25) is 4.98 Å². The molecule has 0 radical (unpaired) electrons. The van der Waals surface area contributed by atoms with E-state index in [0.29, 0.717) is 36.0 Å². The van der Waals surface area contributed by atoms with Crippen LogP contribution in [0.15, 0.2) is 43.1 Å². The van der Waals surface area contributed by atoms with Crippen LogP contribution < -0.4 is 4.90 Å². The van der Waals surface area contributed by atoms with E-state index in [4.69, 9.17) is 4.74 Å². The highest BCUT2D eigenvalue weighted by Crippen LogP contribution is 2.36. The number of benzene rings is 1. The number of hydrogen-bond acceptors (Lipinski definition) is 6. The van der Waals surface area contributed by atoms with E-state index < -0.39 is 11.7 Å². The van der Waals surface area contributed by atoms with Gasteiger partial charge in [-0.05, 0) is 23.8 Å². The second kappa shape index (κ2) is 6.80. The van der Waals surface area contributed by atoms with Crippen LogP contribution in [0.5, 0.6) is 0 Å². The Bertz CT molecular complexity index is 1010. The zero-order valence-electron chi connectivity index (χ0n) is 15.3. The monoisotopic (exact) mass is 402 g/mol. The van der Waals surface area contributed by atoms with Gasteiger partial charge in [0, 0.05) is 44.0 Å². The quantitative estimate of drug-likeness (QED) is 0.668. The molecule has 0 aliphatic carbocycles. The second-order valence-electron chi connectivity index (χ2n) is 7.25. The maximum atomic E-state index is 13.5. The number of morpholine rings is 1. The maximum absolute atomic E-state index is 13.5. The zero-order chi connectivity index (χ0) is 20.0. The predicted octanol–water partition coefficient (Wildman–Crippen LogP) is 2.64. The van der Waals surface area contributed by atoms with Crippen LogP contribution in [-0.4, -0.2) is 50.0 Å². The summed E-state index contributed by atoms with van der Waals surface area (Å²) < 4.78 is 47.5. The van der Waals surface area contributed by atoms with Gasteiger partial charge in [-0.15, -0.1) is 5.10 Å². The summed E-state index contributed by atoms with van der Waals surface area (Å²) in [7, 11) is 0. The minimum atomic E-state index is -4.42. The van der Waals surface area contributed by atoms with Crippen LogP contribution in [0.4, 0.5) is 18.9 Å². The standard InChI is InChI=1S/C19H17F3N6O/c20-19(21,22)13-3-12(4-14(6-13)27-9-15-7-16(10-27)29-15)5-17-25-11-28(26-17)18-8-23-1-2-24-18/h1-4,6,8,11,15-16H,5,7,9-10H2. The molecule has 3 saturated heterocycles. The minimum absolute atomic E-state index is 0.107. The first-order chi connectivity index (χ1) is 13.9. The molecule has 2 atom stereocenters. The lowest BCUT2D eigenvalue weighted by molar-refractivity contribution is -0.137. The molecule has 2 bridgehead atoms. The third kappa shape index (κ3) is 3.67. The Labute approximate surface area is 164 Å². The molecule has 7 nitrogen and oxygen atoms in total. The number of piperidine rings is 1. The second-order valence-corrected chi connectivity index (χ2v) is 7.25. The lowest BCUT2D eigenvalue weighted by Crippen LogP contribution is -2.57. The number of aromatic nitrogens is 5. The molecule has 6 rings (SSSR count). The summed E-state index contributed by atoms with van der Waals surface area (Å²) in [4.78, 5) is 14.3. The molecular weight excluding hydrogens is 385 g/mol. The number of fused-ring (bicyclic) bond motifs is 2. The van der Waals surface area contributed by atoms with E-state index >= 15 is 0 Å². The smallest absolute Gasteiger partial charge is 0.371 e. The Kier molecular flexibility index (Phi) is 4.23. The summed E-state index contributed by atoms with van der Waals surface area (Å²) in [6, 6.07) is 4.15. The largest absolute Gasteiger partial charge is 0.416 e. The van der Waals surface area contributed by atoms with E-state index in [2.05, 4.69) is 20.1 Å². The summed E-state index contributed by atoms with van der Waals surface area (Å²) in [5, 5.41) is 4.32. The third-order valence-electron chi connectivity index (χ3n) is 5.11. The van der Waals surface area contributed by atoms with Crippen molar-refractivity contribution in [2.45, 2.75) is 31.2 Å².